The largest absolute Gasteiger partial charge is 0.493 e. The number of methoxy groups -OCH3 is 2. The highest BCUT2D eigenvalue weighted by Gasteiger charge is 2.37. The molecule has 0 aliphatic carbocycles. The molecule has 0 bridgehead atoms. The van der Waals surface area contributed by atoms with Crippen LogP contribution in [0.25, 0.3) is 0 Å². The number of hydrogen-bond acceptors (Lipinski definition) is 4. The van der Waals surface area contributed by atoms with E-state index in [9.17, 15) is 5.11 Å². The molecule has 104 valence electrons. The Morgan fingerprint density at radius 2 is 2.00 bits per heavy atom. The van der Waals surface area contributed by atoms with Crippen molar-refractivity contribution in [2.75, 3.05) is 27.4 Å². The van der Waals surface area contributed by atoms with E-state index in [1.165, 1.54) is 24.0 Å². The van der Waals surface area contributed by atoms with Crippen molar-refractivity contribution in [2.45, 2.75) is 31.3 Å². The summed E-state index contributed by atoms with van der Waals surface area (Å²) in [5.74, 6) is 1.58. The van der Waals surface area contributed by atoms with Crippen molar-refractivity contribution in [3.63, 3.8) is 0 Å². The maximum Gasteiger partial charge on any atom is 0.161 e. The zero-order chi connectivity index (χ0) is 13.4. The Bertz CT molecular complexity index is 475. The van der Waals surface area contributed by atoms with Crippen molar-refractivity contribution >= 4 is 0 Å². The molecule has 1 aromatic rings. The second-order valence-corrected chi connectivity index (χ2v) is 5.34. The van der Waals surface area contributed by atoms with Gasteiger partial charge in [-0.3, -0.25) is 4.90 Å². The van der Waals surface area contributed by atoms with Crippen molar-refractivity contribution < 1.29 is 14.6 Å². The second-order valence-electron chi connectivity index (χ2n) is 5.34. The van der Waals surface area contributed by atoms with E-state index in [2.05, 4.69) is 17.0 Å². The summed E-state index contributed by atoms with van der Waals surface area (Å²) in [5.41, 5.74) is 2.64. The SMILES string of the molecule is COc1cc2c(cc1OC)[C@H]1CCCN1[C@H](CO)C2. The molecule has 2 atom stereocenters. The van der Waals surface area contributed by atoms with Crippen LogP contribution in [0.1, 0.15) is 30.0 Å². The van der Waals surface area contributed by atoms with Crippen LogP contribution in [0, 0.1) is 0 Å². The van der Waals surface area contributed by atoms with Crippen LogP contribution >= 0.6 is 0 Å². The monoisotopic (exact) mass is 263 g/mol. The minimum Gasteiger partial charge on any atom is -0.493 e. The molecule has 0 amide bonds. The third kappa shape index (κ3) is 1.99. The molecule has 0 unspecified atom stereocenters. The van der Waals surface area contributed by atoms with E-state index in [1.807, 2.05) is 0 Å². The molecule has 0 saturated carbocycles. The maximum atomic E-state index is 9.59. The summed E-state index contributed by atoms with van der Waals surface area (Å²) in [5, 5.41) is 9.59. The molecule has 1 fully saturated rings. The van der Waals surface area contributed by atoms with Crippen LogP contribution in [-0.2, 0) is 6.42 Å². The molecule has 2 aliphatic heterocycles. The zero-order valence-corrected chi connectivity index (χ0v) is 11.6. The van der Waals surface area contributed by atoms with Gasteiger partial charge in [0.25, 0.3) is 0 Å². The molecule has 2 aliphatic rings. The predicted octanol–water partition coefficient (Wildman–Crippen LogP) is 1.76. The summed E-state index contributed by atoms with van der Waals surface area (Å²) < 4.78 is 10.8. The number of rotatable bonds is 3. The quantitative estimate of drug-likeness (QED) is 0.902. The van der Waals surface area contributed by atoms with Gasteiger partial charge >= 0.3 is 0 Å². The first kappa shape index (κ1) is 12.8. The van der Waals surface area contributed by atoms with Crippen LogP contribution in [0.3, 0.4) is 0 Å². The third-order valence-corrected chi connectivity index (χ3v) is 4.43. The van der Waals surface area contributed by atoms with Crippen molar-refractivity contribution in [3.8, 4) is 11.5 Å². The van der Waals surface area contributed by atoms with Crippen LogP contribution < -0.4 is 9.47 Å². The third-order valence-electron chi connectivity index (χ3n) is 4.43. The Kier molecular flexibility index (Phi) is 3.37. The van der Waals surface area contributed by atoms with Crippen LogP contribution in [0.5, 0.6) is 11.5 Å². The lowest BCUT2D eigenvalue weighted by Gasteiger charge is -2.38. The Balaban J connectivity index is 2.06. The number of aliphatic hydroxyl groups excluding tert-OH is 1. The molecular weight excluding hydrogens is 242 g/mol. The summed E-state index contributed by atoms with van der Waals surface area (Å²) in [7, 11) is 3.34. The smallest absolute Gasteiger partial charge is 0.161 e. The lowest BCUT2D eigenvalue weighted by atomic mass is 9.88. The van der Waals surface area contributed by atoms with Crippen molar-refractivity contribution in [3.05, 3.63) is 23.3 Å². The van der Waals surface area contributed by atoms with E-state index >= 15 is 0 Å². The summed E-state index contributed by atoms with van der Waals surface area (Å²) in [6, 6.07) is 4.87. The number of benzene rings is 1. The average molecular weight is 263 g/mol. The topological polar surface area (TPSA) is 41.9 Å². The molecule has 4 heteroatoms. The van der Waals surface area contributed by atoms with Gasteiger partial charge < -0.3 is 14.6 Å². The molecule has 0 aromatic heterocycles. The van der Waals surface area contributed by atoms with Crippen molar-refractivity contribution in [2.24, 2.45) is 0 Å². The average Bonchev–Trinajstić information content (AvgIpc) is 2.94. The fourth-order valence-electron chi connectivity index (χ4n) is 3.52. The molecule has 1 aromatic carbocycles. The fourth-order valence-corrected chi connectivity index (χ4v) is 3.52. The van der Waals surface area contributed by atoms with Gasteiger partial charge in [0.1, 0.15) is 0 Å². The molecule has 2 heterocycles. The Morgan fingerprint density at radius 3 is 2.68 bits per heavy atom. The number of fused-ring (bicyclic) bond motifs is 3. The lowest BCUT2D eigenvalue weighted by Crippen LogP contribution is -2.42. The Hall–Kier alpha value is -1.26. The molecule has 0 spiro atoms. The number of nitrogens with zero attached hydrogens (tertiary/aromatic N) is 1. The van der Waals surface area contributed by atoms with Crippen LogP contribution in [0.15, 0.2) is 12.1 Å². The van der Waals surface area contributed by atoms with Crippen molar-refractivity contribution in [1.82, 2.24) is 4.90 Å². The summed E-state index contributed by atoms with van der Waals surface area (Å²) in [4.78, 5) is 2.44. The van der Waals surface area contributed by atoms with Crippen LogP contribution in [-0.4, -0.2) is 43.4 Å². The van der Waals surface area contributed by atoms with E-state index < -0.39 is 0 Å². The second kappa shape index (κ2) is 5.02. The molecule has 19 heavy (non-hydrogen) atoms. The first-order valence-electron chi connectivity index (χ1n) is 6.90. The van der Waals surface area contributed by atoms with Crippen LogP contribution in [0.2, 0.25) is 0 Å². The van der Waals surface area contributed by atoms with Gasteiger partial charge in [-0.25, -0.2) is 0 Å². The minimum absolute atomic E-state index is 0.226. The summed E-state index contributed by atoms with van der Waals surface area (Å²) in [6.07, 6.45) is 3.26. The van der Waals surface area contributed by atoms with Crippen LogP contribution in [0.4, 0.5) is 0 Å². The highest BCUT2D eigenvalue weighted by Crippen LogP contribution is 2.44. The zero-order valence-electron chi connectivity index (χ0n) is 11.6. The highest BCUT2D eigenvalue weighted by molar-refractivity contribution is 5.50. The Labute approximate surface area is 113 Å². The molecule has 3 rings (SSSR count). The maximum absolute atomic E-state index is 9.59. The first-order chi connectivity index (χ1) is 9.28. The molecule has 1 N–H and O–H groups in total. The number of ether oxygens (including phenoxy) is 2. The summed E-state index contributed by atoms with van der Waals surface area (Å²) >= 11 is 0. The Morgan fingerprint density at radius 1 is 1.26 bits per heavy atom. The lowest BCUT2D eigenvalue weighted by molar-refractivity contribution is 0.100. The van der Waals surface area contributed by atoms with E-state index in [0.29, 0.717) is 6.04 Å². The van der Waals surface area contributed by atoms with Gasteiger partial charge in [0.2, 0.25) is 0 Å². The predicted molar refractivity (Wildman–Crippen MR) is 72.8 cm³/mol. The number of aliphatic hydroxyl groups is 1. The van der Waals surface area contributed by atoms with Gasteiger partial charge in [-0.1, -0.05) is 0 Å². The van der Waals surface area contributed by atoms with Gasteiger partial charge in [0.05, 0.1) is 20.8 Å². The van der Waals surface area contributed by atoms with Gasteiger partial charge in [-0.05, 0) is 49.1 Å². The molecular formula is C15H21NO3. The van der Waals surface area contributed by atoms with Gasteiger partial charge in [-0.15, -0.1) is 0 Å². The summed E-state index contributed by atoms with van der Waals surface area (Å²) in [6.45, 7) is 1.31. The van der Waals surface area contributed by atoms with E-state index in [1.54, 1.807) is 14.2 Å². The van der Waals surface area contributed by atoms with E-state index in [0.717, 1.165) is 24.5 Å². The minimum atomic E-state index is 0.226. The van der Waals surface area contributed by atoms with Crippen molar-refractivity contribution in [1.29, 1.82) is 0 Å². The van der Waals surface area contributed by atoms with Gasteiger partial charge in [-0.2, -0.15) is 0 Å². The fraction of sp³-hybridized carbons (Fsp3) is 0.600. The van der Waals surface area contributed by atoms with E-state index in [-0.39, 0.29) is 12.6 Å². The normalized spacial score (nSPS) is 25.8. The standard InChI is InChI=1S/C15H21NO3/c1-18-14-7-10-6-11(9-17)16-5-3-4-13(16)12(10)8-15(14)19-2/h7-8,11,13,17H,3-6,9H2,1-2H3/t11-,13+/m0/s1. The number of hydrogen-bond donors (Lipinski definition) is 1. The molecule has 0 radical (unpaired) electrons. The molecule has 4 nitrogen and oxygen atoms in total. The van der Waals surface area contributed by atoms with Gasteiger partial charge in [0.15, 0.2) is 11.5 Å². The first-order valence-corrected chi connectivity index (χ1v) is 6.90. The highest BCUT2D eigenvalue weighted by atomic mass is 16.5. The molecule has 1 saturated heterocycles. The van der Waals surface area contributed by atoms with E-state index in [4.69, 9.17) is 9.47 Å². The van der Waals surface area contributed by atoms with Gasteiger partial charge in [0, 0.05) is 12.1 Å².